The van der Waals surface area contributed by atoms with Crippen molar-refractivity contribution in [1.82, 2.24) is 4.98 Å². The predicted octanol–water partition coefficient (Wildman–Crippen LogP) is 0.951. The van der Waals surface area contributed by atoms with E-state index in [1.54, 1.807) is 20.4 Å². The van der Waals surface area contributed by atoms with Gasteiger partial charge in [0, 0.05) is 45.1 Å². The Hall–Kier alpha value is -1.17. The molecule has 0 aromatic carbocycles. The van der Waals surface area contributed by atoms with Gasteiger partial charge in [-0.1, -0.05) is 6.07 Å². The molecular weight excluding hydrogens is 230 g/mol. The van der Waals surface area contributed by atoms with Crippen molar-refractivity contribution in [2.45, 2.75) is 25.2 Å². The summed E-state index contributed by atoms with van der Waals surface area (Å²) in [6.45, 7) is 3.54. The molecule has 0 radical (unpaired) electrons. The van der Waals surface area contributed by atoms with Gasteiger partial charge in [0.25, 0.3) is 0 Å². The number of pyridine rings is 1. The molecule has 0 saturated carbocycles. The second-order valence-corrected chi connectivity index (χ2v) is 4.66. The number of aromatic nitrogens is 1. The number of ether oxygens (including phenoxy) is 2. The second kappa shape index (κ2) is 5.65. The molecule has 1 aromatic heterocycles. The first-order valence-electron chi connectivity index (χ1n) is 6.18. The number of hydrogen-bond acceptors (Lipinski definition) is 5. The van der Waals surface area contributed by atoms with Crippen LogP contribution in [0.15, 0.2) is 18.3 Å². The van der Waals surface area contributed by atoms with Gasteiger partial charge < -0.3 is 20.1 Å². The van der Waals surface area contributed by atoms with Gasteiger partial charge in [-0.05, 0) is 13.0 Å². The summed E-state index contributed by atoms with van der Waals surface area (Å²) in [5.41, 5.74) is 7.05. The lowest BCUT2D eigenvalue weighted by molar-refractivity contribution is -0.00461. The number of anilines is 1. The quantitative estimate of drug-likeness (QED) is 0.863. The summed E-state index contributed by atoms with van der Waals surface area (Å²) in [7, 11) is 3.43. The van der Waals surface area contributed by atoms with Gasteiger partial charge in [-0.15, -0.1) is 0 Å². The second-order valence-electron chi connectivity index (χ2n) is 4.66. The average molecular weight is 251 g/mol. The zero-order valence-electron chi connectivity index (χ0n) is 11.2. The average Bonchev–Trinajstić information content (AvgIpc) is 2.81. The Morgan fingerprint density at radius 1 is 1.33 bits per heavy atom. The van der Waals surface area contributed by atoms with Crippen molar-refractivity contribution in [3.05, 3.63) is 23.9 Å². The van der Waals surface area contributed by atoms with Gasteiger partial charge in [0.15, 0.2) is 0 Å². The maximum atomic E-state index is 5.99. The van der Waals surface area contributed by atoms with Crippen LogP contribution in [0.4, 0.5) is 5.82 Å². The summed E-state index contributed by atoms with van der Waals surface area (Å²) in [6, 6.07) is 3.91. The molecule has 2 N–H and O–H groups in total. The predicted molar refractivity (Wildman–Crippen MR) is 70.6 cm³/mol. The highest BCUT2D eigenvalue weighted by molar-refractivity contribution is 5.49. The van der Waals surface area contributed by atoms with E-state index in [2.05, 4.69) is 9.88 Å². The Morgan fingerprint density at radius 3 is 2.44 bits per heavy atom. The van der Waals surface area contributed by atoms with E-state index in [1.165, 1.54) is 0 Å². The molecule has 1 saturated heterocycles. The lowest BCUT2D eigenvalue weighted by Crippen LogP contribution is -2.27. The summed E-state index contributed by atoms with van der Waals surface area (Å²) < 4.78 is 10.9. The molecule has 0 bridgehead atoms. The van der Waals surface area contributed by atoms with Crippen LogP contribution in [-0.4, -0.2) is 44.5 Å². The normalized spacial score (nSPS) is 25.4. The van der Waals surface area contributed by atoms with Crippen molar-refractivity contribution < 1.29 is 9.47 Å². The molecule has 0 amide bonds. The van der Waals surface area contributed by atoms with Crippen molar-refractivity contribution in [2.75, 3.05) is 32.2 Å². The molecule has 18 heavy (non-hydrogen) atoms. The van der Waals surface area contributed by atoms with E-state index >= 15 is 0 Å². The van der Waals surface area contributed by atoms with Crippen molar-refractivity contribution in [3.8, 4) is 0 Å². The van der Waals surface area contributed by atoms with E-state index in [0.29, 0.717) is 0 Å². The SMILES string of the molecule is COC1CN(c2ncccc2[C@H](C)N)CC1OC. The van der Waals surface area contributed by atoms with Gasteiger partial charge in [0.2, 0.25) is 0 Å². The first-order chi connectivity index (χ1) is 8.67. The molecule has 0 aliphatic carbocycles. The molecule has 1 aromatic rings. The molecule has 1 aliphatic rings. The van der Waals surface area contributed by atoms with Crippen LogP contribution >= 0.6 is 0 Å². The number of methoxy groups -OCH3 is 2. The van der Waals surface area contributed by atoms with Gasteiger partial charge in [-0.2, -0.15) is 0 Å². The van der Waals surface area contributed by atoms with Gasteiger partial charge in [-0.3, -0.25) is 0 Å². The Balaban J connectivity index is 2.23. The van der Waals surface area contributed by atoms with Crippen molar-refractivity contribution in [2.24, 2.45) is 5.73 Å². The highest BCUT2D eigenvalue weighted by Crippen LogP contribution is 2.27. The molecule has 3 atom stereocenters. The smallest absolute Gasteiger partial charge is 0.133 e. The van der Waals surface area contributed by atoms with Gasteiger partial charge in [-0.25, -0.2) is 4.98 Å². The Morgan fingerprint density at radius 2 is 1.94 bits per heavy atom. The van der Waals surface area contributed by atoms with Crippen molar-refractivity contribution in [1.29, 1.82) is 0 Å². The van der Waals surface area contributed by atoms with E-state index in [4.69, 9.17) is 15.2 Å². The van der Waals surface area contributed by atoms with Gasteiger partial charge in [0.1, 0.15) is 18.0 Å². The molecule has 2 unspecified atom stereocenters. The molecule has 2 heterocycles. The fourth-order valence-corrected chi connectivity index (χ4v) is 2.40. The van der Waals surface area contributed by atoms with Crippen LogP contribution in [0.2, 0.25) is 0 Å². The highest BCUT2D eigenvalue weighted by Gasteiger charge is 2.34. The zero-order valence-corrected chi connectivity index (χ0v) is 11.2. The monoisotopic (exact) mass is 251 g/mol. The van der Waals surface area contributed by atoms with Crippen LogP contribution in [0.5, 0.6) is 0 Å². The molecule has 5 nitrogen and oxygen atoms in total. The first kappa shape index (κ1) is 13.3. The third-order valence-corrected chi connectivity index (χ3v) is 3.43. The standard InChI is InChI=1S/C13H21N3O2/c1-9(14)10-5-4-6-15-13(10)16-7-11(17-2)12(8-16)18-3/h4-6,9,11-12H,7-8,14H2,1-3H3/t9-,11?,12?/m0/s1. The van der Waals surface area contributed by atoms with E-state index in [1.807, 2.05) is 19.1 Å². The van der Waals surface area contributed by atoms with Crippen LogP contribution in [0.1, 0.15) is 18.5 Å². The highest BCUT2D eigenvalue weighted by atomic mass is 16.5. The van der Waals surface area contributed by atoms with Crippen molar-refractivity contribution in [3.63, 3.8) is 0 Å². The molecule has 2 rings (SSSR count). The maximum absolute atomic E-state index is 5.99. The number of hydrogen-bond donors (Lipinski definition) is 1. The molecular formula is C13H21N3O2. The van der Waals surface area contributed by atoms with Crippen LogP contribution in [0.3, 0.4) is 0 Å². The van der Waals surface area contributed by atoms with Gasteiger partial charge >= 0.3 is 0 Å². The molecule has 0 spiro atoms. The van der Waals surface area contributed by atoms with E-state index in [0.717, 1.165) is 24.5 Å². The van der Waals surface area contributed by atoms with Crippen LogP contribution in [0.25, 0.3) is 0 Å². The Kier molecular flexibility index (Phi) is 4.16. The minimum absolute atomic E-state index is 0.0312. The maximum Gasteiger partial charge on any atom is 0.133 e. The number of rotatable bonds is 4. The lowest BCUT2D eigenvalue weighted by Gasteiger charge is -2.21. The fraction of sp³-hybridized carbons (Fsp3) is 0.615. The largest absolute Gasteiger partial charge is 0.377 e. The third-order valence-electron chi connectivity index (χ3n) is 3.43. The summed E-state index contributed by atoms with van der Waals surface area (Å²) in [4.78, 5) is 6.64. The Bertz CT molecular complexity index is 386. The third kappa shape index (κ3) is 2.48. The topological polar surface area (TPSA) is 60.6 Å². The van der Waals surface area contributed by atoms with Gasteiger partial charge in [0.05, 0.1) is 0 Å². The van der Waals surface area contributed by atoms with E-state index in [9.17, 15) is 0 Å². The number of nitrogens with two attached hydrogens (primary N) is 1. The summed E-state index contributed by atoms with van der Waals surface area (Å²) in [5.74, 6) is 0.939. The minimum atomic E-state index is -0.0312. The molecule has 100 valence electrons. The molecule has 1 aliphatic heterocycles. The number of nitrogens with zero attached hydrogens (tertiary/aromatic N) is 2. The molecule has 1 fully saturated rings. The fourth-order valence-electron chi connectivity index (χ4n) is 2.40. The molecule has 5 heteroatoms. The van der Waals surface area contributed by atoms with E-state index < -0.39 is 0 Å². The summed E-state index contributed by atoms with van der Waals surface area (Å²) in [5, 5.41) is 0. The van der Waals surface area contributed by atoms with E-state index in [-0.39, 0.29) is 18.2 Å². The minimum Gasteiger partial charge on any atom is -0.377 e. The summed E-state index contributed by atoms with van der Waals surface area (Å²) >= 11 is 0. The zero-order chi connectivity index (χ0) is 13.1. The van der Waals surface area contributed by atoms with Crippen LogP contribution in [0, 0.1) is 0 Å². The van der Waals surface area contributed by atoms with Crippen LogP contribution in [-0.2, 0) is 9.47 Å². The van der Waals surface area contributed by atoms with Crippen LogP contribution < -0.4 is 10.6 Å². The van der Waals surface area contributed by atoms with Crippen molar-refractivity contribution >= 4 is 5.82 Å². The summed E-state index contributed by atoms with van der Waals surface area (Å²) in [6.07, 6.45) is 1.96. The lowest BCUT2D eigenvalue weighted by atomic mass is 10.1. The first-order valence-corrected chi connectivity index (χ1v) is 6.18. The Labute approximate surface area is 108 Å².